The van der Waals surface area contributed by atoms with Gasteiger partial charge in [-0.3, -0.25) is 9.59 Å². The maximum absolute atomic E-state index is 13.8. The fourth-order valence-electron chi connectivity index (χ4n) is 2.40. The summed E-state index contributed by atoms with van der Waals surface area (Å²) < 4.78 is 15.3. The number of aromatic nitrogens is 1. The Morgan fingerprint density at radius 1 is 1.15 bits per heavy atom. The van der Waals surface area contributed by atoms with Crippen LogP contribution in [0.2, 0.25) is 0 Å². The second-order valence-corrected chi connectivity index (χ2v) is 4.81. The van der Waals surface area contributed by atoms with E-state index < -0.39 is 5.82 Å². The number of aryl methyl sites for hydroxylation is 1. The molecule has 0 radical (unpaired) electrons. The molecule has 3 rings (SSSR count). The van der Waals surface area contributed by atoms with Crippen LogP contribution in [-0.2, 0) is 18.3 Å². The van der Waals surface area contributed by atoms with Crippen LogP contribution in [0.1, 0.15) is 16.7 Å². The first-order valence-corrected chi connectivity index (χ1v) is 6.26. The van der Waals surface area contributed by atoms with Crippen LogP contribution in [-0.4, -0.2) is 10.4 Å². The van der Waals surface area contributed by atoms with Gasteiger partial charge >= 0.3 is 0 Å². The smallest absolute Gasteiger partial charge is 0.257 e. The van der Waals surface area contributed by atoms with Crippen molar-refractivity contribution in [1.29, 1.82) is 0 Å². The van der Waals surface area contributed by atoms with Crippen LogP contribution in [0.25, 0.3) is 11.6 Å². The van der Waals surface area contributed by atoms with Crippen LogP contribution >= 0.6 is 0 Å². The molecule has 0 aliphatic heterocycles. The van der Waals surface area contributed by atoms with E-state index in [-0.39, 0.29) is 28.9 Å². The van der Waals surface area contributed by atoms with Crippen LogP contribution in [0.4, 0.5) is 4.39 Å². The van der Waals surface area contributed by atoms with Crippen molar-refractivity contribution in [3.63, 3.8) is 0 Å². The average Bonchev–Trinajstić information content (AvgIpc) is 2.44. The lowest BCUT2D eigenvalue weighted by molar-refractivity contribution is -0.113. The SMILES string of the molecule is Cn1ccc2c(c1=O)C=C(c1ccccc1F)C(=O)C2. The zero-order valence-electron chi connectivity index (χ0n) is 10.9. The van der Waals surface area contributed by atoms with Gasteiger partial charge in [-0.2, -0.15) is 0 Å². The summed E-state index contributed by atoms with van der Waals surface area (Å²) in [6.45, 7) is 0. The lowest BCUT2D eigenvalue weighted by Crippen LogP contribution is -2.24. The minimum absolute atomic E-state index is 0.131. The Morgan fingerprint density at radius 2 is 1.90 bits per heavy atom. The maximum Gasteiger partial charge on any atom is 0.257 e. The van der Waals surface area contributed by atoms with E-state index in [1.807, 2.05) is 0 Å². The number of pyridine rings is 1. The van der Waals surface area contributed by atoms with Crippen molar-refractivity contribution in [2.45, 2.75) is 6.42 Å². The Morgan fingerprint density at radius 3 is 2.65 bits per heavy atom. The Kier molecular flexibility index (Phi) is 2.86. The van der Waals surface area contributed by atoms with Crippen molar-refractivity contribution in [2.75, 3.05) is 0 Å². The predicted molar refractivity (Wildman–Crippen MR) is 74.7 cm³/mol. The van der Waals surface area contributed by atoms with E-state index in [1.54, 1.807) is 37.5 Å². The first kappa shape index (κ1) is 12.5. The van der Waals surface area contributed by atoms with Crippen molar-refractivity contribution in [3.05, 3.63) is 69.4 Å². The van der Waals surface area contributed by atoms with Crippen molar-refractivity contribution < 1.29 is 9.18 Å². The van der Waals surface area contributed by atoms with Crippen molar-refractivity contribution >= 4 is 17.4 Å². The summed E-state index contributed by atoms with van der Waals surface area (Å²) in [5.41, 5.74) is 1.49. The molecular weight excluding hydrogens is 257 g/mol. The van der Waals surface area contributed by atoms with Crippen molar-refractivity contribution in [2.24, 2.45) is 7.05 Å². The highest BCUT2D eigenvalue weighted by molar-refractivity contribution is 6.27. The number of rotatable bonds is 1. The number of ketones is 1. The van der Waals surface area contributed by atoms with Gasteiger partial charge in [-0.1, -0.05) is 18.2 Å². The Balaban J connectivity index is 2.25. The summed E-state index contributed by atoms with van der Waals surface area (Å²) in [4.78, 5) is 24.3. The van der Waals surface area contributed by atoms with Gasteiger partial charge in [-0.25, -0.2) is 4.39 Å². The van der Waals surface area contributed by atoms with Gasteiger partial charge in [0.2, 0.25) is 0 Å². The minimum atomic E-state index is -0.455. The van der Waals surface area contributed by atoms with Crippen LogP contribution in [0.15, 0.2) is 41.3 Å². The van der Waals surface area contributed by atoms with Crippen molar-refractivity contribution in [3.8, 4) is 0 Å². The Labute approximate surface area is 115 Å². The summed E-state index contributed by atoms with van der Waals surface area (Å²) in [6.07, 6.45) is 3.27. The molecule has 0 unspecified atom stereocenters. The zero-order valence-corrected chi connectivity index (χ0v) is 10.9. The van der Waals surface area contributed by atoms with E-state index in [2.05, 4.69) is 0 Å². The van der Waals surface area contributed by atoms with Gasteiger partial charge in [0.1, 0.15) is 5.82 Å². The first-order valence-electron chi connectivity index (χ1n) is 6.26. The molecule has 0 bridgehead atoms. The molecule has 0 N–H and O–H groups in total. The fourth-order valence-corrected chi connectivity index (χ4v) is 2.40. The van der Waals surface area contributed by atoms with E-state index in [0.29, 0.717) is 11.1 Å². The number of halogens is 1. The van der Waals surface area contributed by atoms with Gasteiger partial charge in [-0.05, 0) is 23.8 Å². The van der Waals surface area contributed by atoms with Crippen LogP contribution in [0, 0.1) is 5.82 Å². The fraction of sp³-hybridized carbons (Fsp3) is 0.125. The molecule has 1 aliphatic rings. The molecule has 1 aliphatic carbocycles. The molecule has 3 nitrogen and oxygen atoms in total. The molecule has 100 valence electrons. The quantitative estimate of drug-likeness (QED) is 0.796. The highest BCUT2D eigenvalue weighted by Crippen LogP contribution is 2.27. The van der Waals surface area contributed by atoms with E-state index in [0.717, 1.165) is 0 Å². The third-order valence-corrected chi connectivity index (χ3v) is 3.50. The molecule has 0 atom stereocenters. The van der Waals surface area contributed by atoms with Gasteiger partial charge in [-0.15, -0.1) is 0 Å². The molecule has 0 saturated carbocycles. The average molecular weight is 269 g/mol. The number of hydrogen-bond donors (Lipinski definition) is 0. The summed E-state index contributed by atoms with van der Waals surface area (Å²) in [6, 6.07) is 7.85. The molecule has 2 aromatic rings. The zero-order chi connectivity index (χ0) is 14.3. The van der Waals surface area contributed by atoms with Crippen LogP contribution in [0.3, 0.4) is 0 Å². The highest BCUT2D eigenvalue weighted by atomic mass is 19.1. The van der Waals surface area contributed by atoms with Gasteiger partial charge in [0.05, 0.1) is 0 Å². The number of nitrogens with zero attached hydrogens (tertiary/aromatic N) is 1. The summed E-state index contributed by atoms with van der Waals surface area (Å²) in [5, 5.41) is 0. The van der Waals surface area contributed by atoms with Crippen LogP contribution in [0.5, 0.6) is 0 Å². The molecular formula is C16H12FNO2. The number of carbonyl (C=O) groups excluding carboxylic acids is 1. The third-order valence-electron chi connectivity index (χ3n) is 3.50. The number of benzene rings is 1. The largest absolute Gasteiger partial charge is 0.318 e. The van der Waals surface area contributed by atoms with E-state index >= 15 is 0 Å². The summed E-state index contributed by atoms with van der Waals surface area (Å²) in [7, 11) is 1.65. The lowest BCUT2D eigenvalue weighted by Gasteiger charge is -2.16. The monoisotopic (exact) mass is 269 g/mol. The summed E-state index contributed by atoms with van der Waals surface area (Å²) >= 11 is 0. The molecule has 20 heavy (non-hydrogen) atoms. The first-order chi connectivity index (χ1) is 9.58. The van der Waals surface area contributed by atoms with Gasteiger partial charge < -0.3 is 4.57 Å². The molecule has 0 spiro atoms. The topological polar surface area (TPSA) is 39.1 Å². The second-order valence-electron chi connectivity index (χ2n) is 4.81. The van der Waals surface area contributed by atoms with E-state index in [9.17, 15) is 14.0 Å². The normalized spacial score (nSPS) is 13.9. The number of hydrogen-bond acceptors (Lipinski definition) is 2. The van der Waals surface area contributed by atoms with Gasteiger partial charge in [0.25, 0.3) is 5.56 Å². The lowest BCUT2D eigenvalue weighted by atomic mass is 9.88. The number of carbonyl (C=O) groups is 1. The standard InChI is InChI=1S/C16H12FNO2/c1-18-7-6-10-8-15(19)13(9-12(10)16(18)20)11-4-2-3-5-14(11)17/h2-7,9H,8H2,1H3. The molecule has 0 amide bonds. The Hall–Kier alpha value is -2.49. The number of allylic oxidation sites excluding steroid dienone is 1. The third kappa shape index (κ3) is 1.90. The predicted octanol–water partition coefficient (Wildman–Crippen LogP) is 2.19. The number of Topliss-reactive ketones (excluding diaryl/α,β-unsaturated/α-hetero) is 1. The minimum Gasteiger partial charge on any atom is -0.318 e. The second kappa shape index (κ2) is 4.56. The molecule has 4 heteroatoms. The summed E-state index contributed by atoms with van der Waals surface area (Å²) in [5.74, 6) is -0.626. The molecule has 1 aromatic heterocycles. The van der Waals surface area contributed by atoms with Crippen molar-refractivity contribution in [1.82, 2.24) is 4.57 Å². The van der Waals surface area contributed by atoms with E-state index in [4.69, 9.17) is 0 Å². The van der Waals surface area contributed by atoms with Gasteiger partial charge in [0, 0.05) is 36.4 Å². The van der Waals surface area contributed by atoms with E-state index in [1.165, 1.54) is 16.7 Å². The maximum atomic E-state index is 13.8. The molecule has 0 fully saturated rings. The van der Waals surface area contributed by atoms with Gasteiger partial charge in [0.15, 0.2) is 5.78 Å². The molecule has 0 saturated heterocycles. The Bertz CT molecular complexity index is 802. The molecule has 1 aromatic carbocycles. The molecule has 1 heterocycles. The highest BCUT2D eigenvalue weighted by Gasteiger charge is 2.23. The van der Waals surface area contributed by atoms with Crippen LogP contribution < -0.4 is 5.56 Å². The number of fused-ring (bicyclic) bond motifs is 1.